The number of aromatic nitrogens is 1. The number of carbonyl (C=O) groups is 1. The van der Waals surface area contributed by atoms with E-state index in [-0.39, 0.29) is 0 Å². The van der Waals surface area contributed by atoms with Crippen LogP contribution in [0.15, 0.2) is 18.3 Å². The van der Waals surface area contributed by atoms with Crippen LogP contribution in [0.5, 0.6) is 0 Å². The van der Waals surface area contributed by atoms with Crippen molar-refractivity contribution in [3.05, 3.63) is 29.6 Å². The van der Waals surface area contributed by atoms with Gasteiger partial charge in [-0.1, -0.05) is 0 Å². The first-order valence-corrected chi connectivity index (χ1v) is 4.16. The number of pyridine rings is 1. The van der Waals surface area contributed by atoms with Crippen LogP contribution in [0.1, 0.15) is 23.0 Å². The van der Waals surface area contributed by atoms with Crippen molar-refractivity contribution in [2.45, 2.75) is 19.1 Å². The van der Waals surface area contributed by atoms with Gasteiger partial charge in [-0.15, -0.1) is 0 Å². The second-order valence-corrected chi connectivity index (χ2v) is 3.05. The number of ketones is 1. The first-order valence-electron chi connectivity index (χ1n) is 4.16. The molecule has 1 heterocycles. The van der Waals surface area contributed by atoms with Crippen molar-refractivity contribution < 1.29 is 18.0 Å². The molecule has 1 aromatic heterocycles. The Morgan fingerprint density at radius 1 is 1.53 bits per heavy atom. The molecule has 2 N–H and O–H groups in total. The molecule has 0 aliphatic carbocycles. The number of carbonyl (C=O) groups excluding carboxylic acids is 1. The maximum atomic E-state index is 12.4. The Morgan fingerprint density at radius 2 is 2.13 bits per heavy atom. The summed E-state index contributed by atoms with van der Waals surface area (Å²) >= 11 is 0. The number of Topliss-reactive ketones (excluding diaryl/α,β-unsaturated/α-hetero) is 1. The highest BCUT2D eigenvalue weighted by molar-refractivity contribution is 6.00. The van der Waals surface area contributed by atoms with E-state index in [1.165, 1.54) is 13.0 Å². The second-order valence-electron chi connectivity index (χ2n) is 3.05. The number of halogens is 3. The van der Waals surface area contributed by atoms with Crippen LogP contribution >= 0.6 is 0 Å². The number of rotatable bonds is 2. The number of hydrogen-bond donors (Lipinski definition) is 1. The van der Waals surface area contributed by atoms with Crippen molar-refractivity contribution in [3.8, 4) is 0 Å². The van der Waals surface area contributed by atoms with E-state index in [1.54, 1.807) is 0 Å². The minimum atomic E-state index is -4.64. The predicted molar refractivity (Wildman–Crippen MR) is 47.2 cm³/mol. The maximum absolute atomic E-state index is 12.4. The molecule has 1 atom stereocenters. The molecule has 15 heavy (non-hydrogen) atoms. The van der Waals surface area contributed by atoms with Gasteiger partial charge in [0.2, 0.25) is 0 Å². The molecule has 0 aromatic carbocycles. The van der Waals surface area contributed by atoms with E-state index in [0.717, 1.165) is 12.3 Å². The summed E-state index contributed by atoms with van der Waals surface area (Å²) in [5.41, 5.74) is 3.56. The van der Waals surface area contributed by atoms with Gasteiger partial charge in [0.15, 0.2) is 11.5 Å². The molecule has 3 nitrogen and oxygen atoms in total. The van der Waals surface area contributed by atoms with Gasteiger partial charge in [0.1, 0.15) is 0 Å². The molecular formula is C9H9F3N2O. The van der Waals surface area contributed by atoms with Gasteiger partial charge in [-0.25, -0.2) is 0 Å². The fourth-order valence-electron chi connectivity index (χ4n) is 1.08. The van der Waals surface area contributed by atoms with E-state index >= 15 is 0 Å². The summed E-state index contributed by atoms with van der Waals surface area (Å²) in [4.78, 5) is 14.5. The summed E-state index contributed by atoms with van der Waals surface area (Å²) < 4.78 is 37.2. The highest BCUT2D eigenvalue weighted by Crippen LogP contribution is 2.30. The highest BCUT2D eigenvalue weighted by atomic mass is 19.4. The molecule has 0 fully saturated rings. The molecule has 82 valence electrons. The molecule has 0 saturated heterocycles. The standard InChI is InChI=1S/C9H9F3N2O/c1-5(13)7(15)6-3-2-4-14-8(6)9(10,11)12/h2-5H,13H2,1H3. The zero-order chi connectivity index (χ0) is 11.6. The van der Waals surface area contributed by atoms with Crippen molar-refractivity contribution in [2.24, 2.45) is 5.73 Å². The van der Waals surface area contributed by atoms with Crippen LogP contribution in [0, 0.1) is 0 Å². The van der Waals surface area contributed by atoms with Crippen LogP contribution in [-0.2, 0) is 6.18 Å². The average molecular weight is 218 g/mol. The lowest BCUT2D eigenvalue weighted by Crippen LogP contribution is -2.29. The maximum Gasteiger partial charge on any atom is 0.434 e. The SMILES string of the molecule is CC(N)C(=O)c1cccnc1C(F)(F)F. The van der Waals surface area contributed by atoms with E-state index in [1.807, 2.05) is 0 Å². The molecule has 0 saturated carbocycles. The van der Waals surface area contributed by atoms with Gasteiger partial charge >= 0.3 is 6.18 Å². The molecule has 0 amide bonds. The Balaban J connectivity index is 3.25. The number of hydrogen-bond acceptors (Lipinski definition) is 3. The minimum Gasteiger partial charge on any atom is -0.321 e. The van der Waals surface area contributed by atoms with Crippen molar-refractivity contribution in [1.82, 2.24) is 4.98 Å². The largest absolute Gasteiger partial charge is 0.434 e. The third-order valence-corrected chi connectivity index (χ3v) is 1.76. The minimum absolute atomic E-state index is 0.486. The van der Waals surface area contributed by atoms with Crippen molar-refractivity contribution in [2.75, 3.05) is 0 Å². The van der Waals surface area contributed by atoms with Crippen molar-refractivity contribution in [3.63, 3.8) is 0 Å². The van der Waals surface area contributed by atoms with E-state index < -0.39 is 29.3 Å². The van der Waals surface area contributed by atoms with Gasteiger partial charge in [-0.05, 0) is 19.1 Å². The van der Waals surface area contributed by atoms with Crippen molar-refractivity contribution in [1.29, 1.82) is 0 Å². The summed E-state index contributed by atoms with van der Waals surface area (Å²) in [6, 6.07) is 1.36. The summed E-state index contributed by atoms with van der Waals surface area (Å²) in [7, 11) is 0. The van der Waals surface area contributed by atoms with Crippen LogP contribution in [0.3, 0.4) is 0 Å². The van der Waals surface area contributed by atoms with E-state index in [2.05, 4.69) is 4.98 Å². The Morgan fingerprint density at radius 3 is 2.60 bits per heavy atom. The van der Waals surface area contributed by atoms with Gasteiger partial charge in [-0.2, -0.15) is 13.2 Å². The van der Waals surface area contributed by atoms with Gasteiger partial charge in [0.25, 0.3) is 0 Å². The monoisotopic (exact) mass is 218 g/mol. The van der Waals surface area contributed by atoms with Crippen molar-refractivity contribution >= 4 is 5.78 Å². The van der Waals surface area contributed by atoms with Gasteiger partial charge in [0, 0.05) is 6.20 Å². The molecule has 0 aliphatic rings. The van der Waals surface area contributed by atoms with Gasteiger partial charge in [0.05, 0.1) is 11.6 Å². The molecule has 0 radical (unpaired) electrons. The van der Waals surface area contributed by atoms with Gasteiger partial charge in [-0.3, -0.25) is 9.78 Å². The molecule has 1 rings (SSSR count). The smallest absolute Gasteiger partial charge is 0.321 e. The molecule has 1 aromatic rings. The van der Waals surface area contributed by atoms with E-state index in [4.69, 9.17) is 5.73 Å². The summed E-state index contributed by atoms with van der Waals surface area (Å²) in [5, 5.41) is 0. The number of nitrogens with two attached hydrogens (primary N) is 1. The summed E-state index contributed by atoms with van der Waals surface area (Å²) in [6.07, 6.45) is -3.65. The third-order valence-electron chi connectivity index (χ3n) is 1.76. The van der Waals surface area contributed by atoms with Gasteiger partial charge < -0.3 is 5.73 Å². The highest BCUT2D eigenvalue weighted by Gasteiger charge is 2.37. The topological polar surface area (TPSA) is 56.0 Å². The van der Waals surface area contributed by atoms with Crippen LogP contribution < -0.4 is 5.73 Å². The Kier molecular flexibility index (Phi) is 3.09. The molecular weight excluding hydrogens is 209 g/mol. The van der Waals surface area contributed by atoms with E-state index in [0.29, 0.717) is 0 Å². The number of alkyl halides is 3. The third kappa shape index (κ3) is 2.53. The lowest BCUT2D eigenvalue weighted by molar-refractivity contribution is -0.141. The fraction of sp³-hybridized carbons (Fsp3) is 0.333. The molecule has 0 bridgehead atoms. The average Bonchev–Trinajstić information content (AvgIpc) is 2.15. The normalized spacial score (nSPS) is 13.7. The lowest BCUT2D eigenvalue weighted by atomic mass is 10.0. The van der Waals surface area contributed by atoms with Crippen LogP contribution in [-0.4, -0.2) is 16.8 Å². The zero-order valence-electron chi connectivity index (χ0n) is 7.88. The summed E-state index contributed by atoms with van der Waals surface area (Å²) in [6.45, 7) is 1.33. The molecule has 0 spiro atoms. The quantitative estimate of drug-likeness (QED) is 0.767. The predicted octanol–water partition coefficient (Wildman–Crippen LogP) is 1.63. The molecule has 1 unspecified atom stereocenters. The molecule has 0 aliphatic heterocycles. The van der Waals surface area contributed by atoms with Crippen LogP contribution in [0.25, 0.3) is 0 Å². The Labute approximate surface area is 84.1 Å². The molecule has 6 heteroatoms. The van der Waals surface area contributed by atoms with E-state index in [9.17, 15) is 18.0 Å². The Bertz CT molecular complexity index is 374. The fourth-order valence-corrected chi connectivity index (χ4v) is 1.08. The van der Waals surface area contributed by atoms with Crippen LogP contribution in [0.2, 0.25) is 0 Å². The second kappa shape index (κ2) is 3.98. The summed E-state index contributed by atoms with van der Waals surface area (Å²) in [5.74, 6) is -0.768. The first-order chi connectivity index (χ1) is 6.84. The Hall–Kier alpha value is -1.43. The van der Waals surface area contributed by atoms with Crippen LogP contribution in [0.4, 0.5) is 13.2 Å². The first kappa shape index (κ1) is 11.6. The number of nitrogens with zero attached hydrogens (tertiary/aromatic N) is 1. The lowest BCUT2D eigenvalue weighted by Gasteiger charge is -2.11. The zero-order valence-corrected chi connectivity index (χ0v) is 7.88.